The van der Waals surface area contributed by atoms with Crippen molar-refractivity contribution >= 4 is 50.0 Å². The minimum absolute atomic E-state index is 0.208. The average Bonchev–Trinajstić information content (AvgIpc) is 3.19. The van der Waals surface area contributed by atoms with Crippen molar-refractivity contribution in [1.82, 2.24) is 9.78 Å². The van der Waals surface area contributed by atoms with Crippen LogP contribution in [-0.2, 0) is 28.9 Å². The van der Waals surface area contributed by atoms with E-state index in [1.165, 1.54) is 16.0 Å². The monoisotopic (exact) mass is 498 g/mol. The number of anilines is 1. The predicted octanol–water partition coefficient (Wildman–Crippen LogP) is 4.40. The van der Waals surface area contributed by atoms with Crippen LogP contribution in [-0.4, -0.2) is 32.7 Å². The summed E-state index contributed by atoms with van der Waals surface area (Å²) in [6.45, 7) is 5.20. The highest BCUT2D eigenvalue weighted by Crippen LogP contribution is 2.39. The van der Waals surface area contributed by atoms with E-state index in [9.17, 15) is 19.7 Å². The van der Waals surface area contributed by atoms with E-state index >= 15 is 0 Å². The number of esters is 1. The van der Waals surface area contributed by atoms with Gasteiger partial charge in [-0.05, 0) is 72.4 Å². The second-order valence-corrected chi connectivity index (χ2v) is 9.12. The Balaban J connectivity index is 1.85. The van der Waals surface area contributed by atoms with Crippen molar-refractivity contribution in [3.63, 3.8) is 0 Å². The van der Waals surface area contributed by atoms with Gasteiger partial charge in [0.25, 0.3) is 0 Å². The molecular weight excluding hydrogens is 476 g/mol. The van der Waals surface area contributed by atoms with Crippen molar-refractivity contribution in [2.45, 2.75) is 65.5 Å². The summed E-state index contributed by atoms with van der Waals surface area (Å²) in [5, 5.41) is 18.2. The molecule has 9 nitrogen and oxygen atoms in total. The number of hydrogen-bond acceptors (Lipinski definition) is 7. The Morgan fingerprint density at radius 1 is 1.40 bits per heavy atom. The predicted molar refractivity (Wildman–Crippen MR) is 116 cm³/mol. The van der Waals surface area contributed by atoms with E-state index in [4.69, 9.17) is 4.74 Å². The second kappa shape index (κ2) is 9.25. The van der Waals surface area contributed by atoms with Gasteiger partial charge in [-0.25, -0.2) is 4.79 Å². The van der Waals surface area contributed by atoms with Crippen LogP contribution in [0.5, 0.6) is 0 Å². The van der Waals surface area contributed by atoms with E-state index in [2.05, 4.69) is 26.3 Å². The average molecular weight is 499 g/mol. The molecule has 1 unspecified atom stereocenters. The molecule has 162 valence electrons. The molecule has 2 aromatic rings. The van der Waals surface area contributed by atoms with Gasteiger partial charge in [-0.2, -0.15) is 4.68 Å². The molecule has 0 aromatic carbocycles. The van der Waals surface area contributed by atoms with E-state index in [-0.39, 0.29) is 22.9 Å². The maximum absolute atomic E-state index is 12.8. The Morgan fingerprint density at radius 2 is 2.10 bits per heavy atom. The summed E-state index contributed by atoms with van der Waals surface area (Å²) < 4.78 is 7.04. The van der Waals surface area contributed by atoms with Crippen LogP contribution in [0.15, 0.2) is 4.47 Å². The van der Waals surface area contributed by atoms with E-state index in [1.54, 1.807) is 6.92 Å². The Bertz CT molecular complexity index is 1000. The normalized spacial score (nSPS) is 14.1. The van der Waals surface area contributed by atoms with Crippen LogP contribution in [0.25, 0.3) is 0 Å². The largest absolute Gasteiger partial charge is 0.459 e. The van der Waals surface area contributed by atoms with E-state index in [0.29, 0.717) is 22.7 Å². The first-order valence-corrected chi connectivity index (χ1v) is 11.4. The van der Waals surface area contributed by atoms with Gasteiger partial charge in [0.05, 0.1) is 22.5 Å². The molecule has 1 amide bonds. The van der Waals surface area contributed by atoms with Gasteiger partial charge >= 0.3 is 11.8 Å². The first-order valence-electron chi connectivity index (χ1n) is 9.75. The van der Waals surface area contributed by atoms with Crippen LogP contribution in [0.4, 0.5) is 10.8 Å². The van der Waals surface area contributed by atoms with Crippen molar-refractivity contribution in [3.8, 4) is 0 Å². The van der Waals surface area contributed by atoms with Gasteiger partial charge in [0.15, 0.2) is 0 Å². The smallest absolute Gasteiger partial charge is 0.404 e. The van der Waals surface area contributed by atoms with Gasteiger partial charge in [-0.1, -0.05) is 6.92 Å². The first-order chi connectivity index (χ1) is 14.2. The number of ether oxygens (including phenoxy) is 1. The molecular formula is C19H23BrN4O5S. The fourth-order valence-electron chi connectivity index (χ4n) is 3.28. The molecule has 11 heteroatoms. The quantitative estimate of drug-likeness (QED) is 0.343. The number of rotatable bonds is 7. The molecule has 30 heavy (non-hydrogen) atoms. The number of nitrogens with zero attached hydrogens (tertiary/aromatic N) is 3. The lowest BCUT2D eigenvalue weighted by Gasteiger charge is -2.15. The maximum atomic E-state index is 12.8. The Kier molecular flexibility index (Phi) is 6.91. The third-order valence-electron chi connectivity index (χ3n) is 5.09. The van der Waals surface area contributed by atoms with Crippen LogP contribution in [0, 0.1) is 17.0 Å². The standard InChI is InChI=1S/C19H23BrN4O5S/c1-4-10(2)29-19(26)15-12-7-5-6-8-13(12)30-18(15)21-14(25)9-23-11(3)16(20)17(22-23)24(27)28/h10H,4-9H2,1-3H3,(H,21,25). The lowest BCUT2D eigenvalue weighted by atomic mass is 9.95. The molecule has 2 aromatic heterocycles. The molecule has 0 bridgehead atoms. The fraction of sp³-hybridized carbons (Fsp3) is 0.526. The summed E-state index contributed by atoms with van der Waals surface area (Å²) in [5.41, 5.74) is 1.87. The van der Waals surface area contributed by atoms with Crippen LogP contribution in [0.3, 0.4) is 0 Å². The van der Waals surface area contributed by atoms with E-state index in [0.717, 1.165) is 36.1 Å². The van der Waals surface area contributed by atoms with E-state index < -0.39 is 16.8 Å². The highest BCUT2D eigenvalue weighted by atomic mass is 79.9. The molecule has 1 atom stereocenters. The number of fused-ring (bicyclic) bond motifs is 1. The van der Waals surface area contributed by atoms with Gasteiger partial charge in [0.2, 0.25) is 5.91 Å². The Hall–Kier alpha value is -2.27. The Morgan fingerprint density at radius 3 is 2.73 bits per heavy atom. The summed E-state index contributed by atoms with van der Waals surface area (Å²) in [4.78, 5) is 37.1. The topological polar surface area (TPSA) is 116 Å². The molecule has 0 saturated carbocycles. The number of aryl methyl sites for hydroxylation is 1. The van der Waals surface area contributed by atoms with Crippen LogP contribution < -0.4 is 5.32 Å². The second-order valence-electron chi connectivity index (χ2n) is 7.23. The lowest BCUT2D eigenvalue weighted by Crippen LogP contribution is -2.22. The molecule has 2 heterocycles. The van der Waals surface area contributed by atoms with Crippen LogP contribution in [0.1, 0.15) is 59.6 Å². The molecule has 0 spiro atoms. The SMILES string of the molecule is CCC(C)OC(=O)c1c(NC(=O)Cn2nc([N+](=O)[O-])c(Br)c2C)sc2c1CCCC2. The van der Waals surface area contributed by atoms with Crippen molar-refractivity contribution in [2.75, 3.05) is 5.32 Å². The van der Waals surface area contributed by atoms with Crippen molar-refractivity contribution in [1.29, 1.82) is 0 Å². The molecule has 0 radical (unpaired) electrons. The lowest BCUT2D eigenvalue weighted by molar-refractivity contribution is -0.390. The van der Waals surface area contributed by atoms with Gasteiger partial charge < -0.3 is 20.2 Å². The van der Waals surface area contributed by atoms with Crippen molar-refractivity contribution in [2.24, 2.45) is 0 Å². The molecule has 1 aliphatic carbocycles. The number of thiophene rings is 1. The highest BCUT2D eigenvalue weighted by Gasteiger charge is 2.29. The first kappa shape index (κ1) is 22.4. The summed E-state index contributed by atoms with van der Waals surface area (Å²) in [6, 6.07) is 0. The molecule has 1 N–H and O–H groups in total. The third kappa shape index (κ3) is 4.56. The number of hydrogen-bond donors (Lipinski definition) is 1. The number of carbonyl (C=O) groups excluding carboxylic acids is 2. The number of nitrogens with one attached hydrogen (secondary N) is 1. The molecule has 0 fully saturated rings. The molecule has 3 rings (SSSR count). The summed E-state index contributed by atoms with van der Waals surface area (Å²) in [5.74, 6) is -1.18. The summed E-state index contributed by atoms with van der Waals surface area (Å²) in [6.07, 6.45) is 4.17. The number of aromatic nitrogens is 2. The Labute approximate surface area is 186 Å². The third-order valence-corrected chi connectivity index (χ3v) is 7.23. The number of halogens is 1. The zero-order valence-electron chi connectivity index (χ0n) is 17.0. The number of carbonyl (C=O) groups is 2. The van der Waals surface area contributed by atoms with Gasteiger partial charge in [-0.3, -0.25) is 4.79 Å². The number of nitro groups is 1. The van der Waals surface area contributed by atoms with Crippen LogP contribution >= 0.6 is 27.3 Å². The van der Waals surface area contributed by atoms with Crippen LogP contribution in [0.2, 0.25) is 0 Å². The van der Waals surface area contributed by atoms with Crippen molar-refractivity contribution < 1.29 is 19.2 Å². The molecule has 1 aliphatic rings. The minimum Gasteiger partial charge on any atom is -0.459 e. The highest BCUT2D eigenvalue weighted by molar-refractivity contribution is 9.10. The van der Waals surface area contributed by atoms with Gasteiger partial charge in [0.1, 0.15) is 16.0 Å². The van der Waals surface area contributed by atoms with Crippen molar-refractivity contribution in [3.05, 3.63) is 36.3 Å². The zero-order chi connectivity index (χ0) is 22.0. The van der Waals surface area contributed by atoms with Gasteiger partial charge in [0, 0.05) is 4.88 Å². The minimum atomic E-state index is -0.609. The maximum Gasteiger partial charge on any atom is 0.404 e. The molecule has 0 saturated heterocycles. The molecule has 0 aliphatic heterocycles. The zero-order valence-corrected chi connectivity index (χ0v) is 19.4. The van der Waals surface area contributed by atoms with Gasteiger partial charge in [-0.15, -0.1) is 11.3 Å². The summed E-state index contributed by atoms with van der Waals surface area (Å²) in [7, 11) is 0. The van der Waals surface area contributed by atoms with E-state index in [1.807, 2.05) is 13.8 Å². The fourth-order valence-corrected chi connectivity index (χ4v) is 5.00. The number of amides is 1. The summed E-state index contributed by atoms with van der Waals surface area (Å²) >= 11 is 4.54.